The molecule has 18 heavy (non-hydrogen) atoms. The number of nitrogens with zero attached hydrogens (tertiary/aromatic N) is 1. The van der Waals surface area contributed by atoms with Crippen LogP contribution in [0.1, 0.15) is 13.8 Å². The lowest BCUT2D eigenvalue weighted by atomic mass is 9.78. The van der Waals surface area contributed by atoms with Crippen molar-refractivity contribution in [3.05, 3.63) is 24.3 Å². The Morgan fingerprint density at radius 2 is 2.00 bits per heavy atom. The number of fused-ring (bicyclic) bond motifs is 1. The van der Waals surface area contributed by atoms with Gasteiger partial charge in [-0.1, -0.05) is 13.8 Å². The highest BCUT2D eigenvalue weighted by molar-refractivity contribution is 6.05. The molecule has 2 fully saturated rings. The number of benzene rings is 1. The second kappa shape index (κ2) is 3.72. The predicted octanol–water partition coefficient (Wildman–Crippen LogP) is 1.84. The average molecular weight is 247 g/mol. The van der Waals surface area contributed by atoms with Gasteiger partial charge in [0.2, 0.25) is 0 Å². The quantitative estimate of drug-likeness (QED) is 0.748. The van der Waals surface area contributed by atoms with Crippen LogP contribution in [0.15, 0.2) is 24.3 Å². The monoisotopic (exact) mass is 247 g/mol. The number of amides is 1. The van der Waals surface area contributed by atoms with E-state index in [0.29, 0.717) is 6.61 Å². The van der Waals surface area contributed by atoms with Crippen molar-refractivity contribution >= 4 is 11.6 Å². The number of ether oxygens (including phenoxy) is 2. The third kappa shape index (κ3) is 1.45. The molecule has 0 saturated carbocycles. The first kappa shape index (κ1) is 11.5. The molecule has 2 saturated heterocycles. The molecule has 0 aliphatic carbocycles. The molecule has 1 aromatic carbocycles. The van der Waals surface area contributed by atoms with Crippen LogP contribution in [-0.2, 0) is 9.53 Å². The normalized spacial score (nSPS) is 28.8. The lowest BCUT2D eigenvalue weighted by Gasteiger charge is -2.47. The first-order valence-electron chi connectivity index (χ1n) is 6.13. The van der Waals surface area contributed by atoms with Gasteiger partial charge in [-0.3, -0.25) is 4.79 Å². The van der Waals surface area contributed by atoms with Crippen LogP contribution >= 0.6 is 0 Å². The summed E-state index contributed by atoms with van der Waals surface area (Å²) in [6.45, 7) is 4.92. The summed E-state index contributed by atoms with van der Waals surface area (Å²) in [5, 5.41) is 0. The Bertz CT molecular complexity index is 480. The molecule has 2 heterocycles. The van der Waals surface area contributed by atoms with Crippen LogP contribution in [0.2, 0.25) is 0 Å². The Kier molecular flexibility index (Phi) is 2.38. The Labute approximate surface area is 106 Å². The van der Waals surface area contributed by atoms with Crippen LogP contribution in [-0.4, -0.2) is 31.8 Å². The van der Waals surface area contributed by atoms with Crippen LogP contribution in [0, 0.1) is 5.41 Å². The Balaban J connectivity index is 1.90. The summed E-state index contributed by atoms with van der Waals surface area (Å²) in [4.78, 5) is 13.9. The van der Waals surface area contributed by atoms with Crippen LogP contribution in [0.4, 0.5) is 5.69 Å². The topological polar surface area (TPSA) is 38.8 Å². The van der Waals surface area contributed by atoms with E-state index < -0.39 is 0 Å². The fraction of sp³-hybridized carbons (Fsp3) is 0.500. The molecule has 96 valence electrons. The summed E-state index contributed by atoms with van der Waals surface area (Å²) in [6.07, 6.45) is -0.248. The van der Waals surface area contributed by atoms with Crippen LogP contribution < -0.4 is 9.64 Å². The van der Waals surface area contributed by atoms with Crippen molar-refractivity contribution in [3.8, 4) is 5.75 Å². The van der Waals surface area contributed by atoms with Gasteiger partial charge in [-0.25, -0.2) is 0 Å². The lowest BCUT2D eigenvalue weighted by molar-refractivity contribution is -0.135. The van der Waals surface area contributed by atoms with Crippen molar-refractivity contribution in [2.45, 2.75) is 26.0 Å². The number of hydrogen-bond acceptors (Lipinski definition) is 3. The summed E-state index contributed by atoms with van der Waals surface area (Å²) in [6, 6.07) is 7.73. The molecular weight excluding hydrogens is 230 g/mol. The number of hydrogen-bond donors (Lipinski definition) is 0. The average Bonchev–Trinajstić information content (AvgIpc) is 2.62. The van der Waals surface area contributed by atoms with Crippen molar-refractivity contribution in [3.63, 3.8) is 0 Å². The molecule has 0 spiro atoms. The van der Waals surface area contributed by atoms with Gasteiger partial charge in [-0.15, -0.1) is 0 Å². The molecule has 2 aliphatic rings. The minimum atomic E-state index is -0.248. The summed E-state index contributed by atoms with van der Waals surface area (Å²) in [7, 11) is 1.63. The smallest absolute Gasteiger partial charge is 0.258 e. The highest BCUT2D eigenvalue weighted by Gasteiger charge is 2.60. The molecule has 1 aromatic rings. The molecule has 0 N–H and O–H groups in total. The maximum absolute atomic E-state index is 12.1. The number of carbonyl (C=O) groups is 1. The summed E-state index contributed by atoms with van der Waals surface area (Å²) < 4.78 is 10.7. The molecule has 0 aromatic heterocycles. The van der Waals surface area contributed by atoms with E-state index in [4.69, 9.17) is 9.47 Å². The van der Waals surface area contributed by atoms with Crippen molar-refractivity contribution in [2.75, 3.05) is 18.6 Å². The van der Waals surface area contributed by atoms with Gasteiger partial charge in [0.25, 0.3) is 5.91 Å². The maximum Gasteiger partial charge on any atom is 0.258 e. The SMILES string of the molecule is COc1ccc(N2C(=O)[C@H]3OCC(C)(C)[C@H]32)cc1. The molecule has 1 amide bonds. The molecule has 2 aliphatic heterocycles. The first-order chi connectivity index (χ1) is 8.54. The lowest BCUT2D eigenvalue weighted by Crippen LogP contribution is -2.66. The minimum Gasteiger partial charge on any atom is -0.497 e. The van der Waals surface area contributed by atoms with Gasteiger partial charge < -0.3 is 14.4 Å². The van der Waals surface area contributed by atoms with E-state index in [-0.39, 0.29) is 23.5 Å². The fourth-order valence-electron chi connectivity index (χ4n) is 2.80. The first-order valence-corrected chi connectivity index (χ1v) is 6.13. The second-order valence-corrected chi connectivity index (χ2v) is 5.57. The third-order valence-corrected chi connectivity index (χ3v) is 3.83. The van der Waals surface area contributed by atoms with Gasteiger partial charge >= 0.3 is 0 Å². The van der Waals surface area contributed by atoms with Crippen molar-refractivity contribution < 1.29 is 14.3 Å². The molecule has 2 atom stereocenters. The number of rotatable bonds is 2. The van der Waals surface area contributed by atoms with E-state index in [1.54, 1.807) is 7.11 Å². The largest absolute Gasteiger partial charge is 0.497 e. The zero-order chi connectivity index (χ0) is 12.9. The molecule has 4 nitrogen and oxygen atoms in total. The number of carbonyl (C=O) groups excluding carboxylic acids is 1. The Morgan fingerprint density at radius 3 is 2.61 bits per heavy atom. The second-order valence-electron chi connectivity index (χ2n) is 5.57. The van der Waals surface area contributed by atoms with Crippen molar-refractivity contribution in [2.24, 2.45) is 5.41 Å². The van der Waals surface area contributed by atoms with Crippen molar-refractivity contribution in [1.82, 2.24) is 0 Å². The van der Waals surface area contributed by atoms with Crippen LogP contribution in [0.3, 0.4) is 0 Å². The van der Waals surface area contributed by atoms with Gasteiger partial charge in [-0.05, 0) is 24.3 Å². The van der Waals surface area contributed by atoms with Gasteiger partial charge in [0.05, 0.1) is 19.8 Å². The van der Waals surface area contributed by atoms with E-state index >= 15 is 0 Å². The predicted molar refractivity (Wildman–Crippen MR) is 67.8 cm³/mol. The van der Waals surface area contributed by atoms with Gasteiger partial charge in [0, 0.05) is 11.1 Å². The summed E-state index contributed by atoms with van der Waals surface area (Å²) >= 11 is 0. The van der Waals surface area contributed by atoms with E-state index in [2.05, 4.69) is 13.8 Å². The van der Waals surface area contributed by atoms with E-state index in [1.807, 2.05) is 29.2 Å². The van der Waals surface area contributed by atoms with Crippen molar-refractivity contribution in [1.29, 1.82) is 0 Å². The molecule has 0 bridgehead atoms. The molecule has 0 radical (unpaired) electrons. The molecule has 0 unspecified atom stereocenters. The summed E-state index contributed by atoms with van der Waals surface area (Å²) in [5.74, 6) is 0.862. The highest BCUT2D eigenvalue weighted by atomic mass is 16.5. The van der Waals surface area contributed by atoms with E-state index in [9.17, 15) is 4.79 Å². The number of methoxy groups -OCH3 is 1. The summed E-state index contributed by atoms with van der Waals surface area (Å²) in [5.41, 5.74) is 0.930. The maximum atomic E-state index is 12.1. The van der Waals surface area contributed by atoms with E-state index in [1.165, 1.54) is 0 Å². The Hall–Kier alpha value is -1.55. The number of β-lactam (4-membered cyclic amide) rings is 1. The van der Waals surface area contributed by atoms with Crippen LogP contribution in [0.5, 0.6) is 5.75 Å². The van der Waals surface area contributed by atoms with Gasteiger partial charge in [0.15, 0.2) is 6.10 Å². The molecule has 3 rings (SSSR count). The van der Waals surface area contributed by atoms with Gasteiger partial charge in [-0.2, -0.15) is 0 Å². The zero-order valence-corrected chi connectivity index (χ0v) is 10.8. The number of anilines is 1. The zero-order valence-electron chi connectivity index (χ0n) is 10.8. The standard InChI is InChI=1S/C14H17NO3/c1-14(2)8-18-11-12(14)15(13(11)16)9-4-6-10(17-3)7-5-9/h4-7,11-12H,8H2,1-3H3/t11-,12-/m0/s1. The minimum absolute atomic E-state index is 0.0124. The van der Waals surface area contributed by atoms with Gasteiger partial charge in [0.1, 0.15) is 5.75 Å². The molecular formula is C14H17NO3. The van der Waals surface area contributed by atoms with E-state index in [0.717, 1.165) is 11.4 Å². The third-order valence-electron chi connectivity index (χ3n) is 3.83. The highest BCUT2D eigenvalue weighted by Crippen LogP contribution is 2.45. The molecule has 4 heteroatoms. The van der Waals surface area contributed by atoms with Crippen LogP contribution in [0.25, 0.3) is 0 Å². The Morgan fingerprint density at radius 1 is 1.33 bits per heavy atom. The fourth-order valence-corrected chi connectivity index (χ4v) is 2.80.